The van der Waals surface area contributed by atoms with Gasteiger partial charge in [-0.3, -0.25) is 4.79 Å². The molecule has 0 aromatic carbocycles. The molecule has 0 amide bonds. The third-order valence-corrected chi connectivity index (χ3v) is 3.29. The van der Waals surface area contributed by atoms with Crippen molar-refractivity contribution in [3.63, 3.8) is 0 Å². The quantitative estimate of drug-likeness (QED) is 0.259. The first-order chi connectivity index (χ1) is 9.90. The van der Waals surface area contributed by atoms with E-state index in [2.05, 4.69) is 24.5 Å². The molecule has 0 aromatic heterocycles. The number of nitrogens with one attached hydrogen (secondary N) is 2. The first kappa shape index (κ1) is 20.3. The van der Waals surface area contributed by atoms with Crippen LogP contribution in [0.3, 0.4) is 0 Å². The molecule has 21 heavy (non-hydrogen) atoms. The van der Waals surface area contributed by atoms with Gasteiger partial charge in [0, 0.05) is 25.2 Å². The van der Waals surface area contributed by atoms with Crippen LogP contribution in [0, 0.1) is 5.92 Å². The van der Waals surface area contributed by atoms with E-state index in [1.165, 1.54) is 0 Å². The maximum absolute atomic E-state index is 10.9. The number of aliphatic carboxylic acids is 1. The molecule has 3 atom stereocenters. The normalized spacial score (nSPS) is 15.9. The number of hydrogen-bond donors (Lipinski definition) is 6. The average Bonchev–Trinajstić information content (AvgIpc) is 2.40. The molecule has 0 spiro atoms. The lowest BCUT2D eigenvalue weighted by molar-refractivity contribution is -0.140. The molecule has 0 aliphatic rings. The SMILES string of the molecule is CC(C)CC(N)CNC(CCCN)CNC(CO)C(=O)O. The third kappa shape index (κ3) is 10.6. The van der Waals surface area contributed by atoms with Crippen LogP contribution in [0.5, 0.6) is 0 Å². The van der Waals surface area contributed by atoms with Crippen molar-refractivity contribution in [1.29, 1.82) is 0 Å². The number of hydrogen-bond acceptors (Lipinski definition) is 6. The van der Waals surface area contributed by atoms with Crippen LogP contribution in [0.25, 0.3) is 0 Å². The highest BCUT2D eigenvalue weighted by Crippen LogP contribution is 2.03. The first-order valence-corrected chi connectivity index (χ1v) is 7.66. The van der Waals surface area contributed by atoms with Gasteiger partial charge in [0.1, 0.15) is 6.04 Å². The summed E-state index contributed by atoms with van der Waals surface area (Å²) in [6.07, 6.45) is 2.64. The van der Waals surface area contributed by atoms with Gasteiger partial charge in [-0.05, 0) is 31.7 Å². The fourth-order valence-corrected chi connectivity index (χ4v) is 2.16. The Balaban J connectivity index is 4.21. The zero-order valence-corrected chi connectivity index (χ0v) is 13.2. The van der Waals surface area contributed by atoms with Crippen LogP contribution in [0.4, 0.5) is 0 Å². The van der Waals surface area contributed by atoms with Gasteiger partial charge in [-0.1, -0.05) is 13.8 Å². The number of carbonyl (C=O) groups is 1. The fourth-order valence-electron chi connectivity index (χ4n) is 2.16. The Morgan fingerprint density at radius 1 is 1.24 bits per heavy atom. The van der Waals surface area contributed by atoms with Gasteiger partial charge < -0.3 is 32.3 Å². The Bertz CT molecular complexity index is 277. The van der Waals surface area contributed by atoms with Gasteiger partial charge in [-0.25, -0.2) is 0 Å². The van der Waals surface area contributed by atoms with Crippen LogP contribution in [0.15, 0.2) is 0 Å². The monoisotopic (exact) mass is 304 g/mol. The maximum Gasteiger partial charge on any atom is 0.323 e. The number of carboxylic acid groups (broad SMARTS) is 1. The van der Waals surface area contributed by atoms with Crippen molar-refractivity contribution in [3.8, 4) is 0 Å². The summed E-state index contributed by atoms with van der Waals surface area (Å²) in [6, 6.07) is -0.754. The van der Waals surface area contributed by atoms with Crippen molar-refractivity contribution in [1.82, 2.24) is 10.6 Å². The summed E-state index contributed by atoms with van der Waals surface area (Å²) in [7, 11) is 0. The highest BCUT2D eigenvalue weighted by atomic mass is 16.4. The Labute approximate surface area is 127 Å². The van der Waals surface area contributed by atoms with Crippen molar-refractivity contribution < 1.29 is 15.0 Å². The van der Waals surface area contributed by atoms with Gasteiger partial charge in [0.05, 0.1) is 6.61 Å². The molecule has 0 aliphatic heterocycles. The van der Waals surface area contributed by atoms with E-state index in [-0.39, 0.29) is 12.1 Å². The van der Waals surface area contributed by atoms with Crippen LogP contribution in [-0.2, 0) is 4.79 Å². The minimum Gasteiger partial charge on any atom is -0.480 e. The lowest BCUT2D eigenvalue weighted by Crippen LogP contribution is -2.49. The van der Waals surface area contributed by atoms with E-state index in [0.717, 1.165) is 19.3 Å². The molecule has 0 aliphatic carbocycles. The summed E-state index contributed by atoms with van der Waals surface area (Å²) in [6.45, 7) is 5.58. The number of rotatable bonds is 13. The second kappa shape index (κ2) is 11.9. The predicted octanol–water partition coefficient (Wildman–Crippen LogP) is -0.908. The average molecular weight is 304 g/mol. The molecule has 0 saturated heterocycles. The fraction of sp³-hybridized carbons (Fsp3) is 0.929. The zero-order chi connectivity index (χ0) is 16.3. The number of carboxylic acids is 1. The van der Waals surface area contributed by atoms with E-state index >= 15 is 0 Å². The maximum atomic E-state index is 10.9. The van der Waals surface area contributed by atoms with Gasteiger partial charge in [0.2, 0.25) is 0 Å². The molecule has 0 aromatic rings. The van der Waals surface area contributed by atoms with Crippen molar-refractivity contribution in [2.75, 3.05) is 26.2 Å². The highest BCUT2D eigenvalue weighted by molar-refractivity contribution is 5.73. The molecule has 0 heterocycles. The van der Waals surface area contributed by atoms with E-state index in [0.29, 0.717) is 25.6 Å². The van der Waals surface area contributed by atoms with Crippen molar-refractivity contribution >= 4 is 5.97 Å². The van der Waals surface area contributed by atoms with Gasteiger partial charge in [0.15, 0.2) is 0 Å². The van der Waals surface area contributed by atoms with Crippen molar-refractivity contribution in [3.05, 3.63) is 0 Å². The topological polar surface area (TPSA) is 134 Å². The van der Waals surface area contributed by atoms with E-state index in [4.69, 9.17) is 21.7 Å². The molecule has 3 unspecified atom stereocenters. The molecular formula is C14H32N4O3. The summed E-state index contributed by atoms with van der Waals surface area (Å²) in [4.78, 5) is 10.9. The lowest BCUT2D eigenvalue weighted by Gasteiger charge is -2.23. The second-order valence-corrected chi connectivity index (χ2v) is 5.91. The molecular weight excluding hydrogens is 272 g/mol. The molecule has 0 saturated carbocycles. The molecule has 7 heteroatoms. The van der Waals surface area contributed by atoms with E-state index in [1.807, 2.05) is 0 Å². The van der Waals surface area contributed by atoms with Crippen LogP contribution in [-0.4, -0.2) is 60.5 Å². The van der Waals surface area contributed by atoms with Crippen LogP contribution < -0.4 is 22.1 Å². The lowest BCUT2D eigenvalue weighted by atomic mass is 10.0. The largest absolute Gasteiger partial charge is 0.480 e. The summed E-state index contributed by atoms with van der Waals surface area (Å²) in [5.74, 6) is -0.500. The number of aliphatic hydroxyl groups is 1. The Morgan fingerprint density at radius 3 is 2.38 bits per heavy atom. The molecule has 0 radical (unpaired) electrons. The smallest absolute Gasteiger partial charge is 0.323 e. The van der Waals surface area contributed by atoms with E-state index < -0.39 is 18.6 Å². The molecule has 7 nitrogen and oxygen atoms in total. The van der Waals surface area contributed by atoms with Crippen LogP contribution in [0.1, 0.15) is 33.1 Å². The summed E-state index contributed by atoms with van der Waals surface area (Å²) >= 11 is 0. The molecule has 0 bridgehead atoms. The number of nitrogens with two attached hydrogens (primary N) is 2. The summed E-state index contributed by atoms with van der Waals surface area (Å²) in [5, 5.41) is 24.1. The van der Waals surface area contributed by atoms with Crippen LogP contribution in [0.2, 0.25) is 0 Å². The predicted molar refractivity (Wildman–Crippen MR) is 84.0 cm³/mol. The van der Waals surface area contributed by atoms with Gasteiger partial charge in [-0.15, -0.1) is 0 Å². The molecule has 0 rings (SSSR count). The summed E-state index contributed by atoms with van der Waals surface area (Å²) < 4.78 is 0. The first-order valence-electron chi connectivity index (χ1n) is 7.66. The summed E-state index contributed by atoms with van der Waals surface area (Å²) in [5.41, 5.74) is 11.6. The second-order valence-electron chi connectivity index (χ2n) is 5.91. The number of aliphatic hydroxyl groups excluding tert-OH is 1. The highest BCUT2D eigenvalue weighted by Gasteiger charge is 2.18. The van der Waals surface area contributed by atoms with Crippen molar-refractivity contribution in [2.45, 2.75) is 51.2 Å². The standard InChI is InChI=1S/C14H32N4O3/c1-10(2)6-11(16)7-17-12(4-3-5-15)8-18-13(9-19)14(20)21/h10-13,17-19H,3-9,15-16H2,1-2H3,(H,20,21). The Kier molecular flexibility index (Phi) is 11.5. The molecule has 8 N–H and O–H groups in total. The molecule has 0 fully saturated rings. The minimum atomic E-state index is -1.05. The third-order valence-electron chi connectivity index (χ3n) is 3.29. The molecule has 126 valence electrons. The van der Waals surface area contributed by atoms with Gasteiger partial charge in [0.25, 0.3) is 0 Å². The van der Waals surface area contributed by atoms with Crippen LogP contribution >= 0.6 is 0 Å². The van der Waals surface area contributed by atoms with Crippen molar-refractivity contribution in [2.24, 2.45) is 17.4 Å². The van der Waals surface area contributed by atoms with Gasteiger partial charge in [-0.2, -0.15) is 0 Å². The minimum absolute atomic E-state index is 0.0819. The van der Waals surface area contributed by atoms with Gasteiger partial charge >= 0.3 is 5.97 Å². The Hall–Kier alpha value is -0.730. The van der Waals surface area contributed by atoms with E-state index in [1.54, 1.807) is 0 Å². The van der Waals surface area contributed by atoms with E-state index in [9.17, 15) is 4.79 Å². The zero-order valence-electron chi connectivity index (χ0n) is 13.2. The Morgan fingerprint density at radius 2 is 1.90 bits per heavy atom.